The van der Waals surface area contributed by atoms with Gasteiger partial charge in [-0.2, -0.15) is 0 Å². The van der Waals surface area contributed by atoms with Gasteiger partial charge in [0.15, 0.2) is 0 Å². The normalized spacial score (nSPS) is 12.0. The maximum Gasteiger partial charge on any atom is 0.124 e. The molecule has 0 saturated carbocycles. The van der Waals surface area contributed by atoms with Gasteiger partial charge in [0.25, 0.3) is 0 Å². The summed E-state index contributed by atoms with van der Waals surface area (Å²) in [6, 6.07) is 13.6. The number of benzene rings is 2. The van der Waals surface area contributed by atoms with E-state index in [1.165, 1.54) is 0 Å². The standard InChI is InChI=1S/C16H19NO2/c1-11-7-8-14(15(9-11)19-3)16(17)12-5-4-6-13(10-12)18-2/h4-10,16H,17H2,1-3H3. The minimum atomic E-state index is -0.231. The second-order valence-electron chi connectivity index (χ2n) is 4.50. The molecule has 2 rings (SSSR count). The van der Waals surface area contributed by atoms with Crippen molar-refractivity contribution in [2.24, 2.45) is 5.73 Å². The van der Waals surface area contributed by atoms with Gasteiger partial charge in [-0.3, -0.25) is 0 Å². The predicted octanol–water partition coefficient (Wildman–Crippen LogP) is 3.06. The van der Waals surface area contributed by atoms with Crippen LogP contribution < -0.4 is 15.2 Å². The first-order valence-corrected chi connectivity index (χ1v) is 6.19. The van der Waals surface area contributed by atoms with Crippen molar-refractivity contribution in [2.75, 3.05) is 14.2 Å². The van der Waals surface area contributed by atoms with Gasteiger partial charge in [-0.15, -0.1) is 0 Å². The fourth-order valence-electron chi connectivity index (χ4n) is 2.09. The molecule has 3 heteroatoms. The van der Waals surface area contributed by atoms with Gasteiger partial charge < -0.3 is 15.2 Å². The zero-order chi connectivity index (χ0) is 13.8. The Morgan fingerprint density at radius 3 is 2.47 bits per heavy atom. The fourth-order valence-corrected chi connectivity index (χ4v) is 2.09. The summed E-state index contributed by atoms with van der Waals surface area (Å²) < 4.78 is 10.6. The lowest BCUT2D eigenvalue weighted by molar-refractivity contribution is 0.406. The van der Waals surface area contributed by atoms with E-state index in [9.17, 15) is 0 Å². The molecular formula is C16H19NO2. The van der Waals surface area contributed by atoms with Crippen molar-refractivity contribution >= 4 is 0 Å². The Morgan fingerprint density at radius 2 is 1.79 bits per heavy atom. The zero-order valence-electron chi connectivity index (χ0n) is 11.5. The molecule has 0 aliphatic heterocycles. The molecule has 0 radical (unpaired) electrons. The van der Waals surface area contributed by atoms with Crippen LogP contribution in [-0.2, 0) is 0 Å². The van der Waals surface area contributed by atoms with Crippen molar-refractivity contribution in [1.29, 1.82) is 0 Å². The zero-order valence-corrected chi connectivity index (χ0v) is 11.5. The monoisotopic (exact) mass is 257 g/mol. The molecule has 2 aromatic carbocycles. The Labute approximate surface area is 114 Å². The summed E-state index contributed by atoms with van der Waals surface area (Å²) in [7, 11) is 3.31. The van der Waals surface area contributed by atoms with Crippen molar-refractivity contribution in [3.63, 3.8) is 0 Å². The van der Waals surface area contributed by atoms with Gasteiger partial charge in [0.1, 0.15) is 11.5 Å². The summed E-state index contributed by atoms with van der Waals surface area (Å²) in [5.74, 6) is 1.62. The number of hydrogen-bond acceptors (Lipinski definition) is 3. The van der Waals surface area contributed by atoms with Gasteiger partial charge in [0, 0.05) is 5.56 Å². The van der Waals surface area contributed by atoms with Crippen LogP contribution in [0.4, 0.5) is 0 Å². The number of nitrogens with two attached hydrogens (primary N) is 1. The van der Waals surface area contributed by atoms with Gasteiger partial charge >= 0.3 is 0 Å². The number of methoxy groups -OCH3 is 2. The van der Waals surface area contributed by atoms with Crippen molar-refractivity contribution in [2.45, 2.75) is 13.0 Å². The third-order valence-electron chi connectivity index (χ3n) is 3.18. The summed E-state index contributed by atoms with van der Waals surface area (Å²) >= 11 is 0. The van der Waals surface area contributed by atoms with Crippen molar-refractivity contribution in [1.82, 2.24) is 0 Å². The average molecular weight is 257 g/mol. The van der Waals surface area contributed by atoms with Crippen LogP contribution in [0.3, 0.4) is 0 Å². The molecule has 0 saturated heterocycles. The average Bonchev–Trinajstić information content (AvgIpc) is 2.46. The molecule has 0 heterocycles. The molecule has 0 amide bonds. The molecule has 0 fully saturated rings. The molecular weight excluding hydrogens is 238 g/mol. The van der Waals surface area contributed by atoms with Gasteiger partial charge in [0.2, 0.25) is 0 Å². The first kappa shape index (κ1) is 13.4. The van der Waals surface area contributed by atoms with E-state index in [1.54, 1.807) is 14.2 Å². The van der Waals surface area contributed by atoms with Crippen LogP contribution in [0, 0.1) is 6.92 Å². The predicted molar refractivity (Wildman–Crippen MR) is 76.8 cm³/mol. The second-order valence-corrected chi connectivity index (χ2v) is 4.50. The highest BCUT2D eigenvalue weighted by molar-refractivity contribution is 5.44. The highest BCUT2D eigenvalue weighted by atomic mass is 16.5. The number of ether oxygens (including phenoxy) is 2. The summed E-state index contributed by atoms with van der Waals surface area (Å²) in [5.41, 5.74) is 9.46. The lowest BCUT2D eigenvalue weighted by Gasteiger charge is -2.17. The van der Waals surface area contributed by atoms with Crippen LogP contribution in [-0.4, -0.2) is 14.2 Å². The quantitative estimate of drug-likeness (QED) is 0.915. The maximum absolute atomic E-state index is 6.33. The Bertz CT molecular complexity index is 566. The summed E-state index contributed by atoms with van der Waals surface area (Å²) in [5, 5.41) is 0. The van der Waals surface area contributed by atoms with Crippen LogP contribution in [0.5, 0.6) is 11.5 Å². The van der Waals surface area contributed by atoms with Crippen molar-refractivity contribution < 1.29 is 9.47 Å². The Hall–Kier alpha value is -2.00. The largest absolute Gasteiger partial charge is 0.497 e. The molecule has 3 nitrogen and oxygen atoms in total. The van der Waals surface area contributed by atoms with Crippen LogP contribution in [0.25, 0.3) is 0 Å². The SMILES string of the molecule is COc1cccc(C(N)c2ccc(C)cc2OC)c1. The van der Waals surface area contributed by atoms with Gasteiger partial charge in [-0.1, -0.05) is 24.3 Å². The number of rotatable bonds is 4. The van der Waals surface area contributed by atoms with Crippen molar-refractivity contribution in [3.05, 3.63) is 59.2 Å². The molecule has 1 unspecified atom stereocenters. The molecule has 0 aromatic heterocycles. The summed E-state index contributed by atoms with van der Waals surface area (Å²) in [6.07, 6.45) is 0. The number of hydrogen-bond donors (Lipinski definition) is 1. The van der Waals surface area contributed by atoms with E-state index in [4.69, 9.17) is 15.2 Å². The third kappa shape index (κ3) is 2.88. The second kappa shape index (κ2) is 5.76. The van der Waals surface area contributed by atoms with Crippen molar-refractivity contribution in [3.8, 4) is 11.5 Å². The van der Waals surface area contributed by atoms with E-state index in [-0.39, 0.29) is 6.04 Å². The first-order chi connectivity index (χ1) is 9.15. The maximum atomic E-state index is 6.33. The summed E-state index contributed by atoms with van der Waals surface area (Å²) in [6.45, 7) is 2.03. The highest BCUT2D eigenvalue weighted by Crippen LogP contribution is 2.30. The summed E-state index contributed by atoms with van der Waals surface area (Å²) in [4.78, 5) is 0. The molecule has 0 aliphatic carbocycles. The Balaban J connectivity index is 2.40. The minimum Gasteiger partial charge on any atom is -0.497 e. The lowest BCUT2D eigenvalue weighted by atomic mass is 9.97. The van der Waals surface area contributed by atoms with Gasteiger partial charge in [-0.25, -0.2) is 0 Å². The molecule has 2 aromatic rings. The van der Waals surface area contributed by atoms with E-state index in [0.717, 1.165) is 28.2 Å². The Kier molecular flexibility index (Phi) is 4.07. The first-order valence-electron chi connectivity index (χ1n) is 6.19. The van der Waals surface area contributed by atoms with Crippen LogP contribution in [0.2, 0.25) is 0 Å². The Morgan fingerprint density at radius 1 is 1.00 bits per heavy atom. The van der Waals surface area contributed by atoms with E-state index < -0.39 is 0 Å². The van der Waals surface area contributed by atoms with E-state index in [0.29, 0.717) is 0 Å². The molecule has 100 valence electrons. The van der Waals surface area contributed by atoms with Crippen LogP contribution in [0.1, 0.15) is 22.7 Å². The third-order valence-corrected chi connectivity index (χ3v) is 3.18. The molecule has 0 spiro atoms. The number of aryl methyl sites for hydroxylation is 1. The molecule has 1 atom stereocenters. The molecule has 0 aliphatic rings. The van der Waals surface area contributed by atoms with E-state index >= 15 is 0 Å². The molecule has 2 N–H and O–H groups in total. The lowest BCUT2D eigenvalue weighted by Crippen LogP contribution is -2.13. The van der Waals surface area contributed by atoms with E-state index in [2.05, 4.69) is 0 Å². The molecule has 19 heavy (non-hydrogen) atoms. The molecule has 0 bridgehead atoms. The fraction of sp³-hybridized carbons (Fsp3) is 0.250. The topological polar surface area (TPSA) is 44.5 Å². The highest BCUT2D eigenvalue weighted by Gasteiger charge is 2.14. The van der Waals surface area contributed by atoms with E-state index in [1.807, 2.05) is 49.4 Å². The van der Waals surface area contributed by atoms with Gasteiger partial charge in [-0.05, 0) is 36.2 Å². The van der Waals surface area contributed by atoms with Crippen LogP contribution in [0.15, 0.2) is 42.5 Å². The van der Waals surface area contributed by atoms with Gasteiger partial charge in [0.05, 0.1) is 20.3 Å². The smallest absolute Gasteiger partial charge is 0.124 e. The van der Waals surface area contributed by atoms with Crippen LogP contribution >= 0.6 is 0 Å². The minimum absolute atomic E-state index is 0.231.